The van der Waals surface area contributed by atoms with E-state index in [0.29, 0.717) is 18.1 Å². The van der Waals surface area contributed by atoms with E-state index in [1.165, 1.54) is 37.7 Å². The van der Waals surface area contributed by atoms with E-state index in [4.69, 9.17) is 26.5 Å². The Labute approximate surface area is 226 Å². The van der Waals surface area contributed by atoms with Crippen molar-refractivity contribution in [3.63, 3.8) is 0 Å². The van der Waals surface area contributed by atoms with Crippen LogP contribution in [-0.4, -0.2) is 57.4 Å². The average molecular weight is 529 g/mol. The molecule has 1 aliphatic carbocycles. The molecule has 202 valence electrons. The lowest BCUT2D eigenvalue weighted by Gasteiger charge is -2.20. The molecule has 0 aromatic heterocycles. The fourth-order valence-corrected chi connectivity index (χ4v) is 4.48. The maximum Gasteiger partial charge on any atom is 0.229 e. The maximum atomic E-state index is 12.3. The maximum absolute atomic E-state index is 12.3. The molecule has 37 heavy (non-hydrogen) atoms. The number of hydrogen-bond acceptors (Lipinski definition) is 6. The molecular weight excluding hydrogens is 488 g/mol. The van der Waals surface area contributed by atoms with Gasteiger partial charge in [-0.05, 0) is 75.4 Å². The highest BCUT2D eigenvalue weighted by atomic mass is 32.1. The lowest BCUT2D eigenvalue weighted by Crippen LogP contribution is -2.39. The molecule has 0 spiro atoms. The number of rotatable bonds is 5. The van der Waals surface area contributed by atoms with Crippen molar-refractivity contribution in [1.82, 2.24) is 10.6 Å². The number of methoxy groups -OCH3 is 1. The Kier molecular flexibility index (Phi) is 15.5. The van der Waals surface area contributed by atoms with Crippen LogP contribution in [0.2, 0.25) is 0 Å². The standard InChI is InChI=1S/C19H21N3O2S.C7H15N.2CH2O/c1-13-3-5-14(6-4-13)20-19(25)21-15-11-18(23)22(12-15)16-7-9-17(24-2)10-8-16;1-8-7-5-3-2-4-6-7;2*1-2/h3-10,15H,11-12H2,1-2H3,(H2,20,21,25);7-8H,2-6H2,1H3;2*1H2. The number of nitrogens with zero attached hydrogens (tertiary/aromatic N) is 1. The number of hydrogen-bond donors (Lipinski definition) is 3. The number of amides is 1. The van der Waals surface area contributed by atoms with Crippen LogP contribution < -0.4 is 25.6 Å². The highest BCUT2D eigenvalue weighted by molar-refractivity contribution is 7.80. The fraction of sp³-hybridized carbons (Fsp3) is 0.429. The molecule has 0 radical (unpaired) electrons. The van der Waals surface area contributed by atoms with Gasteiger partial charge < -0.3 is 35.2 Å². The first-order chi connectivity index (χ1) is 18.0. The van der Waals surface area contributed by atoms with E-state index in [-0.39, 0.29) is 11.9 Å². The van der Waals surface area contributed by atoms with Gasteiger partial charge in [-0.1, -0.05) is 37.0 Å². The monoisotopic (exact) mass is 528 g/mol. The minimum Gasteiger partial charge on any atom is -0.497 e. The van der Waals surface area contributed by atoms with Crippen LogP contribution in [0.5, 0.6) is 5.75 Å². The zero-order valence-corrected chi connectivity index (χ0v) is 22.9. The number of aryl methyl sites for hydroxylation is 1. The Bertz CT molecular complexity index is 932. The summed E-state index contributed by atoms with van der Waals surface area (Å²) in [4.78, 5) is 30.1. The molecule has 8 nitrogen and oxygen atoms in total. The van der Waals surface area contributed by atoms with Crippen molar-refractivity contribution < 1.29 is 19.1 Å². The zero-order valence-electron chi connectivity index (χ0n) is 22.1. The second-order valence-electron chi connectivity index (χ2n) is 8.69. The van der Waals surface area contributed by atoms with Crippen molar-refractivity contribution in [3.8, 4) is 5.75 Å². The van der Waals surface area contributed by atoms with Crippen molar-refractivity contribution in [3.05, 3.63) is 54.1 Å². The third kappa shape index (κ3) is 11.1. The van der Waals surface area contributed by atoms with Gasteiger partial charge in [-0.3, -0.25) is 4.79 Å². The Morgan fingerprint density at radius 3 is 2.05 bits per heavy atom. The van der Waals surface area contributed by atoms with Gasteiger partial charge in [-0.2, -0.15) is 0 Å². The summed E-state index contributed by atoms with van der Waals surface area (Å²) in [5.74, 6) is 0.856. The lowest BCUT2D eigenvalue weighted by molar-refractivity contribution is -0.117. The summed E-state index contributed by atoms with van der Waals surface area (Å²) < 4.78 is 5.16. The molecule has 1 unspecified atom stereocenters. The molecule has 1 saturated carbocycles. The molecule has 3 N–H and O–H groups in total. The van der Waals surface area contributed by atoms with Crippen LogP contribution in [-0.2, 0) is 14.4 Å². The van der Waals surface area contributed by atoms with E-state index in [1.54, 1.807) is 12.0 Å². The number of carbonyl (C=O) groups is 3. The van der Waals surface area contributed by atoms with Crippen LogP contribution in [0.4, 0.5) is 11.4 Å². The summed E-state index contributed by atoms with van der Waals surface area (Å²) in [6.45, 7) is 6.62. The van der Waals surface area contributed by atoms with Crippen molar-refractivity contribution in [2.45, 2.75) is 57.5 Å². The van der Waals surface area contributed by atoms with Gasteiger partial charge >= 0.3 is 0 Å². The predicted molar refractivity (Wildman–Crippen MR) is 154 cm³/mol. The molecule has 1 amide bonds. The molecule has 1 atom stereocenters. The first kappa shape index (κ1) is 31.7. The molecule has 2 aromatic carbocycles. The third-order valence-electron chi connectivity index (χ3n) is 6.17. The molecule has 4 rings (SSSR count). The quantitative estimate of drug-likeness (QED) is 0.495. The third-order valence-corrected chi connectivity index (χ3v) is 6.39. The zero-order chi connectivity index (χ0) is 27.6. The van der Waals surface area contributed by atoms with Gasteiger partial charge in [-0.25, -0.2) is 0 Å². The summed E-state index contributed by atoms with van der Waals surface area (Å²) in [6.07, 6.45) is 7.55. The summed E-state index contributed by atoms with van der Waals surface area (Å²) in [5.41, 5.74) is 2.99. The molecular formula is C28H40N4O4S. The SMILES string of the molecule is C=O.C=O.CNC1CCCCC1.COc1ccc(N2CC(NC(=S)Nc3ccc(C)cc3)CC2=O)cc1. The van der Waals surface area contributed by atoms with Crippen LogP contribution in [0.15, 0.2) is 48.5 Å². The van der Waals surface area contributed by atoms with Crippen molar-refractivity contribution >= 4 is 48.2 Å². The van der Waals surface area contributed by atoms with Crippen LogP contribution in [0.25, 0.3) is 0 Å². The van der Waals surface area contributed by atoms with E-state index in [0.717, 1.165) is 23.2 Å². The van der Waals surface area contributed by atoms with Gasteiger partial charge in [0.15, 0.2) is 5.11 Å². The molecule has 2 fully saturated rings. The van der Waals surface area contributed by atoms with Crippen molar-refractivity contribution in [2.75, 3.05) is 30.9 Å². The van der Waals surface area contributed by atoms with E-state index in [2.05, 4.69) is 23.0 Å². The van der Waals surface area contributed by atoms with Crippen LogP contribution in [0, 0.1) is 6.92 Å². The van der Waals surface area contributed by atoms with Gasteiger partial charge in [-0.15, -0.1) is 0 Å². The lowest BCUT2D eigenvalue weighted by atomic mass is 9.96. The smallest absolute Gasteiger partial charge is 0.229 e. The van der Waals surface area contributed by atoms with Crippen LogP contribution >= 0.6 is 12.2 Å². The Morgan fingerprint density at radius 1 is 0.946 bits per heavy atom. The van der Waals surface area contributed by atoms with Crippen LogP contribution in [0.3, 0.4) is 0 Å². The normalized spacial score (nSPS) is 16.6. The topological polar surface area (TPSA) is 99.8 Å². The number of nitrogens with one attached hydrogen (secondary N) is 3. The van der Waals surface area contributed by atoms with Gasteiger partial charge in [0.05, 0.1) is 13.2 Å². The van der Waals surface area contributed by atoms with E-state index in [9.17, 15) is 4.79 Å². The molecule has 2 aromatic rings. The number of ether oxygens (including phenoxy) is 1. The Hall–Kier alpha value is -3.30. The molecule has 2 aliphatic rings. The largest absolute Gasteiger partial charge is 0.497 e. The second-order valence-corrected chi connectivity index (χ2v) is 9.10. The fourth-order valence-electron chi connectivity index (χ4n) is 4.20. The minimum absolute atomic E-state index is 0.0138. The summed E-state index contributed by atoms with van der Waals surface area (Å²) >= 11 is 5.36. The van der Waals surface area contributed by atoms with Crippen molar-refractivity contribution in [1.29, 1.82) is 0 Å². The predicted octanol–water partition coefficient (Wildman–Crippen LogP) is 4.26. The number of carbonyl (C=O) groups excluding carboxylic acids is 3. The van der Waals surface area contributed by atoms with Gasteiger partial charge in [0.25, 0.3) is 0 Å². The van der Waals surface area contributed by atoms with Crippen LogP contribution in [0.1, 0.15) is 44.1 Å². The van der Waals surface area contributed by atoms with E-state index < -0.39 is 0 Å². The second kappa shape index (κ2) is 18.0. The summed E-state index contributed by atoms with van der Waals surface area (Å²) in [6, 6.07) is 16.3. The Balaban J connectivity index is 0.000000478. The minimum atomic E-state index is -0.0138. The first-order valence-electron chi connectivity index (χ1n) is 12.3. The molecule has 9 heteroatoms. The number of benzene rings is 2. The van der Waals surface area contributed by atoms with E-state index in [1.807, 2.05) is 69.0 Å². The van der Waals surface area contributed by atoms with Gasteiger partial charge in [0.2, 0.25) is 5.91 Å². The molecule has 1 heterocycles. The molecule has 0 bridgehead atoms. The number of anilines is 2. The summed E-state index contributed by atoms with van der Waals surface area (Å²) in [5, 5.41) is 10.2. The molecule has 1 aliphatic heterocycles. The first-order valence-corrected chi connectivity index (χ1v) is 12.7. The van der Waals surface area contributed by atoms with Crippen molar-refractivity contribution in [2.24, 2.45) is 0 Å². The summed E-state index contributed by atoms with van der Waals surface area (Å²) in [7, 11) is 3.69. The Morgan fingerprint density at radius 2 is 1.54 bits per heavy atom. The van der Waals surface area contributed by atoms with Gasteiger partial charge in [0, 0.05) is 30.4 Å². The van der Waals surface area contributed by atoms with Gasteiger partial charge in [0.1, 0.15) is 19.3 Å². The highest BCUT2D eigenvalue weighted by Gasteiger charge is 2.31. The average Bonchev–Trinajstić information content (AvgIpc) is 3.32. The molecule has 1 saturated heterocycles. The highest BCUT2D eigenvalue weighted by Crippen LogP contribution is 2.24. The van der Waals surface area contributed by atoms with E-state index >= 15 is 0 Å². The number of thiocarbonyl (C=S) groups is 1.